The molecule has 0 amide bonds. The number of hydrogen-bond acceptors (Lipinski definition) is 2. The van der Waals surface area contributed by atoms with Crippen molar-refractivity contribution in [2.75, 3.05) is 0 Å². The van der Waals surface area contributed by atoms with E-state index in [2.05, 4.69) is 15.9 Å². The average molecular weight is 308 g/mol. The third kappa shape index (κ3) is 3.25. The van der Waals surface area contributed by atoms with Crippen molar-refractivity contribution in [2.24, 2.45) is 0 Å². The molecule has 14 heavy (non-hydrogen) atoms. The number of alkyl halides is 3. The van der Waals surface area contributed by atoms with E-state index in [1.165, 1.54) is 6.07 Å². The molecule has 0 fully saturated rings. The lowest BCUT2D eigenvalue weighted by molar-refractivity contribution is -0.125. The topological polar surface area (TPSA) is 17.1 Å². The maximum absolute atomic E-state index is 11.8. The van der Waals surface area contributed by atoms with E-state index in [-0.39, 0.29) is 9.90 Å². The van der Waals surface area contributed by atoms with Crippen LogP contribution in [0.5, 0.6) is 0 Å². The summed E-state index contributed by atoms with van der Waals surface area (Å²) in [6.45, 7) is 0. The van der Waals surface area contributed by atoms with Crippen LogP contribution in [0.15, 0.2) is 9.85 Å². The van der Waals surface area contributed by atoms with Gasteiger partial charge in [0.05, 0.1) is 13.7 Å². The van der Waals surface area contributed by atoms with E-state index in [1.54, 1.807) is 0 Å². The quantitative estimate of drug-likeness (QED) is 0.745. The first-order chi connectivity index (χ1) is 6.29. The van der Waals surface area contributed by atoms with Gasteiger partial charge in [-0.15, -0.1) is 11.3 Å². The van der Waals surface area contributed by atoms with Gasteiger partial charge in [-0.3, -0.25) is 4.79 Å². The summed E-state index contributed by atoms with van der Waals surface area (Å²) in [7, 11) is 0. The van der Waals surface area contributed by atoms with Crippen LogP contribution in [0.3, 0.4) is 0 Å². The fourth-order valence-corrected chi connectivity index (χ4v) is 2.39. The second-order valence-corrected chi connectivity index (χ2v) is 5.22. The molecule has 1 heterocycles. The van der Waals surface area contributed by atoms with Crippen LogP contribution >= 0.6 is 38.9 Å². The van der Waals surface area contributed by atoms with E-state index < -0.39 is 18.4 Å². The standard InChI is InChI=1S/C7H3BrClF3OS/c8-6-3(9)1-5(14-6)4(13)2-7(10,11)12/h1H,2H2. The van der Waals surface area contributed by atoms with Crippen LogP contribution in [0.2, 0.25) is 5.02 Å². The van der Waals surface area contributed by atoms with Crippen molar-refractivity contribution in [3.63, 3.8) is 0 Å². The Labute approximate surface area is 95.0 Å². The first-order valence-electron chi connectivity index (χ1n) is 3.34. The molecule has 0 saturated carbocycles. The molecular formula is C7H3BrClF3OS. The number of hydrogen-bond donors (Lipinski definition) is 0. The van der Waals surface area contributed by atoms with Gasteiger partial charge in [-0.25, -0.2) is 0 Å². The summed E-state index contributed by atoms with van der Waals surface area (Å²) in [5.74, 6) is -0.963. The summed E-state index contributed by atoms with van der Waals surface area (Å²) in [4.78, 5) is 11.0. The zero-order valence-electron chi connectivity index (χ0n) is 6.49. The van der Waals surface area contributed by atoms with E-state index in [4.69, 9.17) is 11.6 Å². The maximum Gasteiger partial charge on any atom is 0.396 e. The molecule has 0 radical (unpaired) electrons. The molecule has 0 unspecified atom stereocenters. The minimum Gasteiger partial charge on any atom is -0.293 e. The Hall–Kier alpha value is -0.0700. The molecule has 1 aromatic heterocycles. The number of thiophene rings is 1. The van der Waals surface area contributed by atoms with Gasteiger partial charge in [0.15, 0.2) is 5.78 Å². The molecule has 0 bridgehead atoms. The lowest BCUT2D eigenvalue weighted by atomic mass is 10.2. The molecule has 0 aliphatic carbocycles. The van der Waals surface area contributed by atoms with Crippen LogP contribution < -0.4 is 0 Å². The minimum absolute atomic E-state index is 0.0131. The van der Waals surface area contributed by atoms with Crippen molar-refractivity contribution in [1.82, 2.24) is 0 Å². The van der Waals surface area contributed by atoms with Crippen molar-refractivity contribution >= 4 is 44.7 Å². The van der Waals surface area contributed by atoms with Gasteiger partial charge in [0, 0.05) is 0 Å². The number of rotatable bonds is 2. The summed E-state index contributed by atoms with van der Waals surface area (Å²) >= 11 is 9.49. The molecule has 0 aromatic carbocycles. The van der Waals surface area contributed by atoms with Gasteiger partial charge in [0.1, 0.15) is 6.42 Å². The number of carbonyl (C=O) groups is 1. The summed E-state index contributed by atoms with van der Waals surface area (Å²) < 4.78 is 36.0. The van der Waals surface area contributed by atoms with E-state index in [1.807, 2.05) is 0 Å². The van der Waals surface area contributed by atoms with Crippen molar-refractivity contribution in [3.05, 3.63) is 19.8 Å². The monoisotopic (exact) mass is 306 g/mol. The molecule has 0 spiro atoms. The Morgan fingerprint density at radius 2 is 2.14 bits per heavy atom. The van der Waals surface area contributed by atoms with Crippen LogP contribution in [-0.4, -0.2) is 12.0 Å². The largest absolute Gasteiger partial charge is 0.396 e. The molecular weight excluding hydrogens is 304 g/mol. The fraction of sp³-hybridized carbons (Fsp3) is 0.286. The molecule has 0 saturated heterocycles. The maximum atomic E-state index is 11.8. The lowest BCUT2D eigenvalue weighted by Gasteiger charge is -2.02. The molecule has 0 atom stereocenters. The third-order valence-electron chi connectivity index (χ3n) is 1.28. The van der Waals surface area contributed by atoms with Crippen LogP contribution in [0, 0.1) is 0 Å². The number of carbonyl (C=O) groups excluding carboxylic acids is 1. The molecule has 1 nitrogen and oxygen atoms in total. The predicted molar refractivity (Wildman–Crippen MR) is 52.0 cm³/mol. The molecule has 0 N–H and O–H groups in total. The van der Waals surface area contributed by atoms with Crippen molar-refractivity contribution < 1.29 is 18.0 Å². The molecule has 1 rings (SSSR count). The zero-order chi connectivity index (χ0) is 10.9. The smallest absolute Gasteiger partial charge is 0.293 e. The van der Waals surface area contributed by atoms with E-state index >= 15 is 0 Å². The van der Waals surface area contributed by atoms with Crippen LogP contribution in [0.4, 0.5) is 13.2 Å². The second kappa shape index (κ2) is 4.20. The molecule has 0 aliphatic rings. The van der Waals surface area contributed by atoms with Gasteiger partial charge in [0.2, 0.25) is 0 Å². The highest BCUT2D eigenvalue weighted by molar-refractivity contribution is 9.11. The van der Waals surface area contributed by atoms with Gasteiger partial charge in [-0.1, -0.05) is 11.6 Å². The number of ketones is 1. The van der Waals surface area contributed by atoms with Gasteiger partial charge >= 0.3 is 6.18 Å². The van der Waals surface area contributed by atoms with Gasteiger partial charge < -0.3 is 0 Å². The van der Waals surface area contributed by atoms with Gasteiger partial charge in [-0.05, 0) is 22.0 Å². The summed E-state index contributed by atoms with van der Waals surface area (Å²) in [6, 6.07) is 1.23. The first-order valence-corrected chi connectivity index (χ1v) is 5.33. The van der Waals surface area contributed by atoms with Gasteiger partial charge in [0.25, 0.3) is 0 Å². The third-order valence-corrected chi connectivity index (χ3v) is 3.80. The van der Waals surface area contributed by atoms with Crippen LogP contribution in [0.1, 0.15) is 16.1 Å². The normalized spacial score (nSPS) is 11.8. The Morgan fingerprint density at radius 3 is 2.50 bits per heavy atom. The summed E-state index contributed by atoms with van der Waals surface area (Å²) in [5, 5.41) is 0.250. The van der Waals surface area contributed by atoms with Crippen molar-refractivity contribution in [2.45, 2.75) is 12.6 Å². The summed E-state index contributed by atoms with van der Waals surface area (Å²) in [5.41, 5.74) is 0. The summed E-state index contributed by atoms with van der Waals surface area (Å²) in [6.07, 6.45) is -5.92. The number of halogens is 5. The van der Waals surface area contributed by atoms with Crippen molar-refractivity contribution in [1.29, 1.82) is 0 Å². The van der Waals surface area contributed by atoms with Crippen LogP contribution in [0.25, 0.3) is 0 Å². The highest BCUT2D eigenvalue weighted by Crippen LogP contribution is 2.34. The van der Waals surface area contributed by atoms with E-state index in [0.717, 1.165) is 11.3 Å². The van der Waals surface area contributed by atoms with Crippen molar-refractivity contribution in [3.8, 4) is 0 Å². The Balaban J connectivity index is 2.80. The SMILES string of the molecule is O=C(CC(F)(F)F)c1cc(Cl)c(Br)s1. The molecule has 7 heteroatoms. The molecule has 0 aliphatic heterocycles. The Bertz CT molecular complexity index is 341. The highest BCUT2D eigenvalue weighted by atomic mass is 79.9. The minimum atomic E-state index is -4.47. The van der Waals surface area contributed by atoms with E-state index in [9.17, 15) is 18.0 Å². The zero-order valence-corrected chi connectivity index (χ0v) is 9.65. The predicted octanol–water partition coefficient (Wildman–Crippen LogP) is 4.30. The Kier molecular flexibility index (Phi) is 3.60. The van der Waals surface area contributed by atoms with Gasteiger partial charge in [-0.2, -0.15) is 13.2 Å². The highest BCUT2D eigenvalue weighted by Gasteiger charge is 2.32. The van der Waals surface area contributed by atoms with Crippen LogP contribution in [-0.2, 0) is 0 Å². The fourth-order valence-electron chi connectivity index (χ4n) is 0.753. The average Bonchev–Trinajstić information content (AvgIpc) is 2.28. The Morgan fingerprint density at radius 1 is 1.57 bits per heavy atom. The molecule has 78 valence electrons. The first kappa shape index (κ1) is 12.0. The molecule has 1 aromatic rings. The second-order valence-electron chi connectivity index (χ2n) is 2.45. The number of Topliss-reactive ketones (excluding diaryl/α,β-unsaturated/α-hetero) is 1. The van der Waals surface area contributed by atoms with E-state index in [0.29, 0.717) is 3.79 Å². The lowest BCUT2D eigenvalue weighted by Crippen LogP contribution is -2.13.